The van der Waals surface area contributed by atoms with Crippen LogP contribution >= 0.6 is 0 Å². The highest BCUT2D eigenvalue weighted by molar-refractivity contribution is 5.79. The van der Waals surface area contributed by atoms with E-state index in [9.17, 15) is 13.6 Å². The number of amides is 1. The molecule has 0 unspecified atom stereocenters. The normalized spacial score (nSPS) is 19.5. The van der Waals surface area contributed by atoms with Crippen LogP contribution in [0.5, 0.6) is 0 Å². The molecule has 30 heavy (non-hydrogen) atoms. The molecule has 1 amide bonds. The number of benzene rings is 2. The fraction of sp³-hybridized carbons (Fsp3) is 0.292. The van der Waals surface area contributed by atoms with Gasteiger partial charge in [-0.15, -0.1) is 0 Å². The number of hydrogen-bond acceptors (Lipinski definition) is 3. The summed E-state index contributed by atoms with van der Waals surface area (Å²) in [6.45, 7) is 2.13. The van der Waals surface area contributed by atoms with Gasteiger partial charge >= 0.3 is 0 Å². The van der Waals surface area contributed by atoms with Crippen molar-refractivity contribution in [2.24, 2.45) is 5.92 Å². The maximum absolute atomic E-state index is 13.6. The van der Waals surface area contributed by atoms with Crippen LogP contribution in [-0.2, 0) is 17.9 Å². The molecule has 4 nitrogen and oxygen atoms in total. The summed E-state index contributed by atoms with van der Waals surface area (Å²) in [5, 5.41) is 2.96. The van der Waals surface area contributed by atoms with Crippen LogP contribution in [0.2, 0.25) is 0 Å². The van der Waals surface area contributed by atoms with E-state index in [-0.39, 0.29) is 17.7 Å². The number of nitrogens with zero attached hydrogens (tertiary/aromatic N) is 1. The molecule has 6 heteroatoms. The molecule has 0 saturated carbocycles. The predicted molar refractivity (Wildman–Crippen MR) is 109 cm³/mol. The number of hydrogen-bond donors (Lipinski definition) is 1. The molecule has 1 aliphatic heterocycles. The van der Waals surface area contributed by atoms with Gasteiger partial charge in [-0.2, -0.15) is 0 Å². The Hall–Kier alpha value is -2.99. The maximum atomic E-state index is 13.6. The van der Waals surface area contributed by atoms with Crippen LogP contribution < -0.4 is 5.32 Å². The standard InChI is InChI=1S/C24H24F2N2O2/c25-22-9-8-17(11-23(22)26)14-28-15-19(18-5-2-1-3-6-18)12-20(16-28)24(29)27-13-21-7-4-10-30-21/h1-11,19-20H,12-16H2,(H,27,29)/t19-,20+/m1/s1. The number of likely N-dealkylation sites (tertiary alicyclic amines) is 1. The molecule has 1 fully saturated rings. The number of carbonyl (C=O) groups is 1. The molecule has 2 heterocycles. The minimum atomic E-state index is -0.852. The van der Waals surface area contributed by atoms with Gasteiger partial charge in [0, 0.05) is 19.6 Å². The van der Waals surface area contributed by atoms with Crippen molar-refractivity contribution in [1.82, 2.24) is 10.2 Å². The molecule has 1 N–H and O–H groups in total. The molecule has 0 spiro atoms. The molecule has 2 atom stereocenters. The van der Waals surface area contributed by atoms with Crippen LogP contribution in [0, 0.1) is 17.6 Å². The molecule has 3 aromatic rings. The second-order valence-corrected chi connectivity index (χ2v) is 7.78. The number of halogens is 2. The summed E-state index contributed by atoms with van der Waals surface area (Å²) in [4.78, 5) is 15.0. The van der Waals surface area contributed by atoms with Crippen molar-refractivity contribution >= 4 is 5.91 Å². The van der Waals surface area contributed by atoms with Crippen molar-refractivity contribution in [1.29, 1.82) is 0 Å². The zero-order chi connectivity index (χ0) is 20.9. The zero-order valence-electron chi connectivity index (χ0n) is 16.6. The average Bonchev–Trinajstić information content (AvgIpc) is 3.29. The molecule has 1 saturated heterocycles. The summed E-state index contributed by atoms with van der Waals surface area (Å²) in [7, 11) is 0. The van der Waals surface area contributed by atoms with Crippen LogP contribution in [0.1, 0.15) is 29.2 Å². The Bertz CT molecular complexity index is 976. The Morgan fingerprint density at radius 2 is 1.87 bits per heavy atom. The van der Waals surface area contributed by atoms with Gasteiger partial charge in [0.15, 0.2) is 11.6 Å². The lowest BCUT2D eigenvalue weighted by Crippen LogP contribution is -2.45. The number of nitrogens with one attached hydrogen (secondary N) is 1. The lowest BCUT2D eigenvalue weighted by atomic mass is 9.84. The monoisotopic (exact) mass is 410 g/mol. The first-order valence-electron chi connectivity index (χ1n) is 10.1. The van der Waals surface area contributed by atoms with Crippen LogP contribution in [0.3, 0.4) is 0 Å². The van der Waals surface area contributed by atoms with Crippen molar-refractivity contribution in [3.8, 4) is 0 Å². The van der Waals surface area contributed by atoms with Crippen molar-refractivity contribution < 1.29 is 18.0 Å². The van der Waals surface area contributed by atoms with Gasteiger partial charge in [0.1, 0.15) is 5.76 Å². The molecule has 0 bridgehead atoms. The molecule has 2 aromatic carbocycles. The van der Waals surface area contributed by atoms with Crippen molar-refractivity contribution in [3.63, 3.8) is 0 Å². The molecule has 4 rings (SSSR count). The maximum Gasteiger partial charge on any atom is 0.224 e. The molecule has 0 aliphatic carbocycles. The first kappa shape index (κ1) is 20.3. The number of furan rings is 1. The number of rotatable bonds is 6. The predicted octanol–water partition coefficient (Wildman–Crippen LogP) is 4.48. The third-order valence-electron chi connectivity index (χ3n) is 5.58. The van der Waals surface area contributed by atoms with Gasteiger partial charge in [0.2, 0.25) is 5.91 Å². The van der Waals surface area contributed by atoms with E-state index < -0.39 is 11.6 Å². The Morgan fingerprint density at radius 1 is 1.03 bits per heavy atom. The second kappa shape index (κ2) is 9.22. The van der Waals surface area contributed by atoms with E-state index >= 15 is 0 Å². The smallest absolute Gasteiger partial charge is 0.224 e. The van der Waals surface area contributed by atoms with Crippen LogP contribution in [0.4, 0.5) is 8.78 Å². The van der Waals surface area contributed by atoms with E-state index in [1.807, 2.05) is 24.3 Å². The zero-order valence-corrected chi connectivity index (χ0v) is 16.6. The number of piperidine rings is 1. The molecule has 156 valence electrons. The van der Waals surface area contributed by atoms with Crippen LogP contribution in [0.25, 0.3) is 0 Å². The third kappa shape index (κ3) is 4.94. The molecule has 0 radical (unpaired) electrons. The summed E-state index contributed by atoms with van der Waals surface area (Å²) >= 11 is 0. The first-order chi connectivity index (χ1) is 14.6. The topological polar surface area (TPSA) is 45.5 Å². The van der Waals surface area contributed by atoms with E-state index in [1.54, 1.807) is 18.4 Å². The van der Waals surface area contributed by atoms with E-state index in [4.69, 9.17) is 4.42 Å². The second-order valence-electron chi connectivity index (χ2n) is 7.78. The fourth-order valence-electron chi connectivity index (χ4n) is 4.10. The van der Waals surface area contributed by atoms with Crippen LogP contribution in [-0.4, -0.2) is 23.9 Å². The van der Waals surface area contributed by atoms with Crippen LogP contribution in [0.15, 0.2) is 71.3 Å². The largest absolute Gasteiger partial charge is 0.467 e. The first-order valence-corrected chi connectivity index (χ1v) is 10.1. The lowest BCUT2D eigenvalue weighted by molar-refractivity contribution is -0.127. The van der Waals surface area contributed by atoms with Crippen molar-refractivity contribution in [2.75, 3.05) is 13.1 Å². The Kier molecular flexibility index (Phi) is 6.23. The Labute approximate surface area is 174 Å². The van der Waals surface area contributed by atoms with Crippen molar-refractivity contribution in [2.45, 2.75) is 25.4 Å². The minimum Gasteiger partial charge on any atom is -0.467 e. The van der Waals surface area contributed by atoms with Gasteiger partial charge in [-0.3, -0.25) is 9.69 Å². The quantitative estimate of drug-likeness (QED) is 0.652. The number of carbonyl (C=O) groups excluding carboxylic acids is 1. The molecular weight excluding hydrogens is 386 g/mol. The SMILES string of the molecule is O=C(NCc1ccco1)[C@H]1C[C@@H](c2ccccc2)CN(Cc2ccc(F)c(F)c2)C1. The average molecular weight is 410 g/mol. The van der Waals surface area contributed by atoms with Gasteiger partial charge in [0.25, 0.3) is 0 Å². The van der Waals surface area contributed by atoms with Gasteiger partial charge in [-0.1, -0.05) is 36.4 Å². The van der Waals surface area contributed by atoms with Gasteiger partial charge in [-0.25, -0.2) is 8.78 Å². The third-order valence-corrected chi connectivity index (χ3v) is 5.58. The summed E-state index contributed by atoms with van der Waals surface area (Å²) in [5.74, 6) is -1.04. The minimum absolute atomic E-state index is 0.0256. The Balaban J connectivity index is 1.49. The molecule has 1 aromatic heterocycles. The molecule has 1 aliphatic rings. The van der Waals surface area contributed by atoms with Gasteiger partial charge in [0.05, 0.1) is 18.7 Å². The van der Waals surface area contributed by atoms with Gasteiger partial charge < -0.3 is 9.73 Å². The van der Waals surface area contributed by atoms with E-state index in [2.05, 4.69) is 22.3 Å². The van der Waals surface area contributed by atoms with E-state index in [0.29, 0.717) is 31.0 Å². The summed E-state index contributed by atoms with van der Waals surface area (Å²) in [6, 6.07) is 17.7. The summed E-state index contributed by atoms with van der Waals surface area (Å²) < 4.78 is 32.2. The van der Waals surface area contributed by atoms with Gasteiger partial charge in [-0.05, 0) is 47.7 Å². The van der Waals surface area contributed by atoms with E-state index in [0.717, 1.165) is 19.0 Å². The lowest BCUT2D eigenvalue weighted by Gasteiger charge is -2.37. The highest BCUT2D eigenvalue weighted by Crippen LogP contribution is 2.31. The van der Waals surface area contributed by atoms with Crippen molar-refractivity contribution in [3.05, 3.63) is 95.4 Å². The highest BCUT2D eigenvalue weighted by atomic mass is 19.2. The summed E-state index contributed by atoms with van der Waals surface area (Å²) in [6.07, 6.45) is 2.32. The van der Waals surface area contributed by atoms with E-state index in [1.165, 1.54) is 11.6 Å². The highest BCUT2D eigenvalue weighted by Gasteiger charge is 2.32. The molecular formula is C24H24F2N2O2. The summed E-state index contributed by atoms with van der Waals surface area (Å²) in [5.41, 5.74) is 1.87. The fourth-order valence-corrected chi connectivity index (χ4v) is 4.10. The Morgan fingerprint density at radius 3 is 2.60 bits per heavy atom.